The minimum absolute atomic E-state index is 0.267. The Morgan fingerprint density at radius 2 is 1.48 bits per heavy atom. The zero-order valence-corrected chi connectivity index (χ0v) is 19.4. The molecule has 0 bridgehead atoms. The summed E-state index contributed by atoms with van der Waals surface area (Å²) < 4.78 is 26.0. The molecule has 0 N–H and O–H groups in total. The molecule has 0 fully saturated rings. The SMILES string of the molecule is CCOP1(=O)OC(c2cccc(C)c2)=C(c2cccc(C)c2)C=C1c1ccc(Cl)cc1. The van der Waals surface area contributed by atoms with Gasteiger partial charge >= 0.3 is 7.60 Å². The smallest absolute Gasteiger partial charge is 0.411 e. The molecule has 1 unspecified atom stereocenters. The van der Waals surface area contributed by atoms with E-state index in [1.165, 1.54) is 0 Å². The van der Waals surface area contributed by atoms with Gasteiger partial charge in [-0.2, -0.15) is 0 Å². The summed E-state index contributed by atoms with van der Waals surface area (Å²) in [7, 11) is -3.61. The lowest BCUT2D eigenvalue weighted by molar-refractivity contribution is 0.280. The standard InChI is InChI=1S/C26H24ClO3P/c1-4-29-31(28)25(20-11-13-23(27)14-12-20)17-24(21-9-5-7-18(2)15-21)26(30-31)22-10-6-8-19(3)16-22/h5-17H,4H2,1-3H3. The van der Waals surface area contributed by atoms with Crippen LogP contribution in [0, 0.1) is 13.8 Å². The quantitative estimate of drug-likeness (QED) is 0.368. The van der Waals surface area contributed by atoms with E-state index in [4.69, 9.17) is 20.6 Å². The van der Waals surface area contributed by atoms with Gasteiger partial charge in [0.2, 0.25) is 0 Å². The molecule has 3 aromatic carbocycles. The third-order valence-corrected chi connectivity index (χ3v) is 7.33. The van der Waals surface area contributed by atoms with Crippen LogP contribution in [0.1, 0.15) is 34.7 Å². The minimum Gasteiger partial charge on any atom is -0.420 e. The average molecular weight is 451 g/mol. The van der Waals surface area contributed by atoms with E-state index in [-0.39, 0.29) is 6.61 Å². The molecular weight excluding hydrogens is 427 g/mol. The first-order valence-electron chi connectivity index (χ1n) is 10.2. The van der Waals surface area contributed by atoms with Crippen molar-refractivity contribution >= 4 is 35.8 Å². The fraction of sp³-hybridized carbons (Fsp3) is 0.154. The predicted octanol–water partition coefficient (Wildman–Crippen LogP) is 8.13. The second-order valence-electron chi connectivity index (χ2n) is 7.52. The van der Waals surface area contributed by atoms with Crippen molar-refractivity contribution in [2.75, 3.05) is 6.61 Å². The van der Waals surface area contributed by atoms with E-state index in [0.29, 0.717) is 16.1 Å². The highest BCUT2D eigenvalue weighted by molar-refractivity contribution is 7.65. The van der Waals surface area contributed by atoms with E-state index in [9.17, 15) is 4.57 Å². The van der Waals surface area contributed by atoms with Crippen molar-refractivity contribution in [3.8, 4) is 0 Å². The molecule has 4 rings (SSSR count). The van der Waals surface area contributed by atoms with Crippen LogP contribution < -0.4 is 0 Å². The number of allylic oxidation sites excluding steroid dienone is 2. The lowest BCUT2D eigenvalue weighted by Gasteiger charge is -2.29. The van der Waals surface area contributed by atoms with Crippen LogP contribution in [0.5, 0.6) is 0 Å². The molecule has 0 spiro atoms. The number of hydrogen-bond acceptors (Lipinski definition) is 3. The van der Waals surface area contributed by atoms with Crippen LogP contribution >= 0.6 is 19.2 Å². The largest absolute Gasteiger partial charge is 0.420 e. The van der Waals surface area contributed by atoms with Crippen LogP contribution in [0.4, 0.5) is 0 Å². The van der Waals surface area contributed by atoms with Crippen LogP contribution in [-0.4, -0.2) is 6.61 Å². The van der Waals surface area contributed by atoms with Crippen LogP contribution in [0.3, 0.4) is 0 Å². The Morgan fingerprint density at radius 1 is 0.871 bits per heavy atom. The van der Waals surface area contributed by atoms with Crippen molar-refractivity contribution < 1.29 is 13.6 Å². The Labute approximate surface area is 188 Å². The van der Waals surface area contributed by atoms with Gasteiger partial charge in [0.1, 0.15) is 5.76 Å². The maximum absolute atomic E-state index is 14.0. The van der Waals surface area contributed by atoms with Gasteiger partial charge in [-0.25, -0.2) is 4.57 Å². The van der Waals surface area contributed by atoms with Crippen molar-refractivity contribution in [3.63, 3.8) is 0 Å². The zero-order chi connectivity index (χ0) is 22.0. The van der Waals surface area contributed by atoms with Gasteiger partial charge in [0.25, 0.3) is 0 Å². The topological polar surface area (TPSA) is 35.5 Å². The van der Waals surface area contributed by atoms with E-state index in [1.54, 1.807) is 12.1 Å². The lowest BCUT2D eigenvalue weighted by atomic mass is 9.97. The second-order valence-corrected chi connectivity index (χ2v) is 9.88. The number of hydrogen-bond donors (Lipinski definition) is 0. The molecule has 1 aliphatic rings. The van der Waals surface area contributed by atoms with Crippen LogP contribution in [0.25, 0.3) is 16.6 Å². The molecule has 0 amide bonds. The molecule has 31 heavy (non-hydrogen) atoms. The van der Waals surface area contributed by atoms with Crippen LogP contribution in [0.2, 0.25) is 5.02 Å². The van der Waals surface area contributed by atoms with Crippen LogP contribution in [0.15, 0.2) is 78.9 Å². The molecule has 1 aliphatic heterocycles. The molecule has 0 aromatic heterocycles. The monoisotopic (exact) mass is 450 g/mol. The third kappa shape index (κ3) is 4.55. The molecule has 0 saturated carbocycles. The van der Waals surface area contributed by atoms with Gasteiger partial charge in [-0.15, -0.1) is 0 Å². The predicted molar refractivity (Wildman–Crippen MR) is 129 cm³/mol. The lowest BCUT2D eigenvalue weighted by Crippen LogP contribution is -2.06. The summed E-state index contributed by atoms with van der Waals surface area (Å²) in [4.78, 5) is 0. The van der Waals surface area contributed by atoms with E-state index in [1.807, 2.05) is 68.5 Å². The van der Waals surface area contributed by atoms with Crippen LogP contribution in [-0.2, 0) is 13.6 Å². The summed E-state index contributed by atoms with van der Waals surface area (Å²) in [6.45, 7) is 6.16. The number of rotatable bonds is 5. The minimum atomic E-state index is -3.61. The molecule has 3 aromatic rings. The average Bonchev–Trinajstić information content (AvgIpc) is 2.74. The molecule has 0 aliphatic carbocycles. The van der Waals surface area contributed by atoms with E-state index in [2.05, 4.69) is 19.1 Å². The first kappa shape index (κ1) is 21.6. The second kappa shape index (κ2) is 8.88. The van der Waals surface area contributed by atoms with Gasteiger partial charge in [0.05, 0.1) is 11.9 Å². The van der Waals surface area contributed by atoms with Crippen molar-refractivity contribution in [3.05, 3.63) is 112 Å². The maximum Gasteiger partial charge on any atom is 0.411 e. The normalized spacial score (nSPS) is 18.5. The van der Waals surface area contributed by atoms with Crippen molar-refractivity contribution in [1.82, 2.24) is 0 Å². The fourth-order valence-electron chi connectivity index (χ4n) is 3.65. The Hall–Kier alpha value is -2.58. The summed E-state index contributed by atoms with van der Waals surface area (Å²) in [6.07, 6.45) is 1.94. The first-order valence-corrected chi connectivity index (χ1v) is 12.1. The summed E-state index contributed by atoms with van der Waals surface area (Å²) in [5.41, 5.74) is 5.71. The van der Waals surface area contributed by atoms with E-state index in [0.717, 1.165) is 33.4 Å². The first-order chi connectivity index (χ1) is 14.9. The molecule has 0 radical (unpaired) electrons. The van der Waals surface area contributed by atoms with Gasteiger partial charge < -0.3 is 4.52 Å². The molecule has 0 saturated heterocycles. The van der Waals surface area contributed by atoms with E-state index < -0.39 is 7.60 Å². The number of aryl methyl sites for hydroxylation is 2. The Kier molecular flexibility index (Phi) is 6.20. The molecular formula is C26H24ClO3P. The number of benzene rings is 3. The molecule has 5 heteroatoms. The zero-order valence-electron chi connectivity index (χ0n) is 17.8. The Bertz CT molecular complexity index is 1230. The highest BCUT2D eigenvalue weighted by Gasteiger charge is 2.38. The maximum atomic E-state index is 14.0. The van der Waals surface area contributed by atoms with Gasteiger partial charge in [-0.1, -0.05) is 77.3 Å². The molecule has 3 nitrogen and oxygen atoms in total. The Balaban J connectivity index is 2.00. The highest BCUT2D eigenvalue weighted by Crippen LogP contribution is 2.66. The molecule has 1 atom stereocenters. The number of halogens is 1. The van der Waals surface area contributed by atoms with Gasteiger partial charge in [0, 0.05) is 16.2 Å². The van der Waals surface area contributed by atoms with Crippen molar-refractivity contribution in [2.45, 2.75) is 20.8 Å². The fourth-order valence-corrected chi connectivity index (χ4v) is 5.60. The molecule has 1 heterocycles. The van der Waals surface area contributed by atoms with E-state index >= 15 is 0 Å². The molecule has 158 valence electrons. The highest BCUT2D eigenvalue weighted by atomic mass is 35.5. The third-order valence-electron chi connectivity index (χ3n) is 5.08. The van der Waals surface area contributed by atoms with Gasteiger partial charge in [0.15, 0.2) is 0 Å². The van der Waals surface area contributed by atoms with Crippen molar-refractivity contribution in [1.29, 1.82) is 0 Å². The van der Waals surface area contributed by atoms with Crippen molar-refractivity contribution in [2.24, 2.45) is 0 Å². The summed E-state index contributed by atoms with van der Waals surface area (Å²) in [5.74, 6) is 0.559. The van der Waals surface area contributed by atoms with Gasteiger partial charge in [-0.05, 0) is 56.2 Å². The van der Waals surface area contributed by atoms with Gasteiger partial charge in [-0.3, -0.25) is 4.52 Å². The summed E-state index contributed by atoms with van der Waals surface area (Å²) in [5, 5.41) is 1.14. The summed E-state index contributed by atoms with van der Waals surface area (Å²) in [6, 6.07) is 23.4. The Morgan fingerprint density at radius 3 is 2.10 bits per heavy atom. The summed E-state index contributed by atoms with van der Waals surface area (Å²) >= 11 is 6.08.